The molecule has 158 valence electrons. The molecule has 6 N–H and O–H groups in total. The van der Waals surface area contributed by atoms with Crippen molar-refractivity contribution in [3.63, 3.8) is 0 Å². The van der Waals surface area contributed by atoms with Crippen LogP contribution in [0.15, 0.2) is 0 Å². The molecular weight excluding hydrogens is 378 g/mol. The highest BCUT2D eigenvalue weighted by Gasteiger charge is 2.32. The Morgan fingerprint density at radius 3 is 2.79 bits per heavy atom. The van der Waals surface area contributed by atoms with Gasteiger partial charge in [0.25, 0.3) is 0 Å². The molecule has 9 heteroatoms. The number of carbonyl (C=O) groups excluding carboxylic acids is 2. The third-order valence-corrected chi connectivity index (χ3v) is 6.40. The van der Waals surface area contributed by atoms with Crippen LogP contribution in [0.2, 0.25) is 0 Å². The van der Waals surface area contributed by atoms with Crippen LogP contribution in [0.3, 0.4) is 0 Å². The van der Waals surface area contributed by atoms with Gasteiger partial charge in [0.05, 0.1) is 18.2 Å². The number of rotatable bonds is 9. The summed E-state index contributed by atoms with van der Waals surface area (Å²) in [6.07, 6.45) is 3.51. The maximum absolute atomic E-state index is 13.1. The molecule has 0 fully saturated rings. The van der Waals surface area contributed by atoms with Gasteiger partial charge in [0.2, 0.25) is 5.91 Å². The van der Waals surface area contributed by atoms with Gasteiger partial charge < -0.3 is 26.8 Å². The van der Waals surface area contributed by atoms with Crippen LogP contribution in [0, 0.1) is 11.8 Å². The molecule has 3 amide bonds. The molecule has 0 spiro atoms. The number of carbonyl (C=O) groups is 2. The number of thiophene rings is 1. The fourth-order valence-corrected chi connectivity index (χ4v) is 4.83. The van der Waals surface area contributed by atoms with Crippen LogP contribution in [-0.2, 0) is 22.4 Å². The molecule has 1 aliphatic rings. The molecule has 1 heterocycles. The fraction of sp³-hybridized carbons (Fsp3) is 0.684. The lowest BCUT2D eigenvalue weighted by Gasteiger charge is -2.29. The van der Waals surface area contributed by atoms with Crippen LogP contribution in [0.1, 0.15) is 30.2 Å². The first-order valence-electron chi connectivity index (χ1n) is 9.81. The Morgan fingerprint density at radius 2 is 2.14 bits per heavy atom. The van der Waals surface area contributed by atoms with Crippen LogP contribution in [-0.4, -0.2) is 57.2 Å². The predicted molar refractivity (Wildman–Crippen MR) is 113 cm³/mol. The molecule has 0 saturated carbocycles. The Hall–Kier alpha value is -1.84. The molecular formula is C19H33N5O3S. The van der Waals surface area contributed by atoms with Crippen LogP contribution in [0.5, 0.6) is 0 Å². The van der Waals surface area contributed by atoms with Gasteiger partial charge in [-0.2, -0.15) is 0 Å². The summed E-state index contributed by atoms with van der Waals surface area (Å²) in [7, 11) is 3.40. The van der Waals surface area contributed by atoms with E-state index in [0.717, 1.165) is 31.2 Å². The molecule has 1 aromatic heterocycles. The molecule has 2 rings (SSSR count). The summed E-state index contributed by atoms with van der Waals surface area (Å²) in [5.74, 6) is -0.0568. The molecule has 0 aromatic carbocycles. The van der Waals surface area contributed by atoms with Crippen LogP contribution >= 0.6 is 11.3 Å². The van der Waals surface area contributed by atoms with Gasteiger partial charge in [-0.1, -0.05) is 0 Å². The van der Waals surface area contributed by atoms with Gasteiger partial charge in [-0.15, -0.1) is 11.3 Å². The summed E-state index contributed by atoms with van der Waals surface area (Å²) in [6.45, 7) is 3.46. The average molecular weight is 412 g/mol. The fourth-order valence-electron chi connectivity index (χ4n) is 3.80. The Balaban J connectivity index is 2.04. The summed E-state index contributed by atoms with van der Waals surface area (Å²) in [6, 6.07) is -0.369. The molecule has 0 aliphatic heterocycles. The second-order valence-electron chi connectivity index (χ2n) is 7.19. The number of nitrogens with two attached hydrogens (primary N) is 2. The number of methoxy groups -OCH3 is 1. The van der Waals surface area contributed by atoms with E-state index in [4.69, 9.17) is 16.2 Å². The number of aryl methyl sites for hydroxylation is 1. The van der Waals surface area contributed by atoms with E-state index in [1.165, 1.54) is 9.78 Å². The van der Waals surface area contributed by atoms with Crippen molar-refractivity contribution in [3.05, 3.63) is 10.4 Å². The predicted octanol–water partition coefficient (Wildman–Crippen LogP) is 1.45. The van der Waals surface area contributed by atoms with E-state index in [0.29, 0.717) is 42.8 Å². The maximum atomic E-state index is 13.1. The van der Waals surface area contributed by atoms with E-state index in [1.807, 2.05) is 14.0 Å². The van der Waals surface area contributed by atoms with Crippen LogP contribution < -0.4 is 22.1 Å². The van der Waals surface area contributed by atoms with E-state index >= 15 is 0 Å². The van der Waals surface area contributed by atoms with E-state index in [2.05, 4.69) is 10.6 Å². The quantitative estimate of drug-likeness (QED) is 0.456. The summed E-state index contributed by atoms with van der Waals surface area (Å²) in [5.41, 5.74) is 14.0. The molecule has 1 aromatic rings. The average Bonchev–Trinajstić information content (AvgIpc) is 2.96. The van der Waals surface area contributed by atoms with Gasteiger partial charge in [-0.25, -0.2) is 4.79 Å². The Bertz CT molecular complexity index is 679. The first-order valence-corrected chi connectivity index (χ1v) is 10.6. The zero-order valence-electron chi connectivity index (χ0n) is 17.0. The SMILES string of the molecule is CCN(C(=O)NCCOC)C(=O)[C@@H](CNC)C[C@H]1CCc2sc(N)c(N)c2C1. The second kappa shape index (κ2) is 10.6. The Labute approximate surface area is 171 Å². The molecule has 2 atom stereocenters. The third-order valence-electron chi connectivity index (χ3n) is 5.26. The molecule has 28 heavy (non-hydrogen) atoms. The number of ether oxygens (including phenoxy) is 1. The van der Waals surface area contributed by atoms with Crippen molar-refractivity contribution in [3.8, 4) is 0 Å². The molecule has 0 bridgehead atoms. The van der Waals surface area contributed by atoms with E-state index < -0.39 is 0 Å². The summed E-state index contributed by atoms with van der Waals surface area (Å²) < 4.78 is 4.95. The normalized spacial score (nSPS) is 17.0. The zero-order chi connectivity index (χ0) is 20.7. The number of nitrogens with one attached hydrogen (secondary N) is 2. The number of amides is 3. The number of imide groups is 1. The van der Waals surface area contributed by atoms with Crippen molar-refractivity contribution in [1.29, 1.82) is 0 Å². The van der Waals surface area contributed by atoms with Gasteiger partial charge in [-0.3, -0.25) is 9.69 Å². The second-order valence-corrected chi connectivity index (χ2v) is 8.32. The van der Waals surface area contributed by atoms with Crippen LogP contribution in [0.25, 0.3) is 0 Å². The van der Waals surface area contributed by atoms with Crippen molar-refractivity contribution in [2.75, 3.05) is 51.9 Å². The Kier molecular flexibility index (Phi) is 8.53. The zero-order valence-corrected chi connectivity index (χ0v) is 17.9. The van der Waals surface area contributed by atoms with Gasteiger partial charge in [-0.05, 0) is 51.1 Å². The smallest absolute Gasteiger partial charge is 0.324 e. The molecule has 0 saturated heterocycles. The first kappa shape index (κ1) is 22.4. The van der Waals surface area contributed by atoms with Gasteiger partial charge >= 0.3 is 6.03 Å². The minimum absolute atomic E-state index is 0.143. The number of nitrogen functional groups attached to an aromatic ring is 2. The molecule has 8 nitrogen and oxygen atoms in total. The summed E-state index contributed by atoms with van der Waals surface area (Å²) in [5, 5.41) is 6.53. The lowest BCUT2D eigenvalue weighted by atomic mass is 9.81. The largest absolute Gasteiger partial charge is 0.396 e. The molecule has 1 aliphatic carbocycles. The minimum Gasteiger partial charge on any atom is -0.396 e. The standard InChI is InChI=1S/C19H33N5O3S/c1-4-24(19(26)23-7-8-27-3)18(25)13(11-22-2)9-12-5-6-15-14(10-12)16(20)17(21)28-15/h12-13,22H,4-11,20-21H2,1-3H3,(H,23,26)/t12-,13-/m1/s1. The van der Waals surface area contributed by atoms with Crippen molar-refractivity contribution in [1.82, 2.24) is 15.5 Å². The summed E-state index contributed by atoms with van der Waals surface area (Å²) in [4.78, 5) is 28.0. The molecule has 0 radical (unpaired) electrons. The highest BCUT2D eigenvalue weighted by molar-refractivity contribution is 7.16. The van der Waals surface area contributed by atoms with Crippen molar-refractivity contribution in [2.45, 2.75) is 32.6 Å². The van der Waals surface area contributed by atoms with Crippen molar-refractivity contribution >= 4 is 34.0 Å². The molecule has 0 unspecified atom stereocenters. The third kappa shape index (κ3) is 5.36. The number of urea groups is 1. The minimum atomic E-state index is -0.369. The highest BCUT2D eigenvalue weighted by Crippen LogP contribution is 2.41. The van der Waals surface area contributed by atoms with E-state index in [1.54, 1.807) is 18.4 Å². The topological polar surface area (TPSA) is 123 Å². The highest BCUT2D eigenvalue weighted by atomic mass is 32.1. The summed E-state index contributed by atoms with van der Waals surface area (Å²) >= 11 is 1.58. The van der Waals surface area contributed by atoms with Gasteiger partial charge in [0.15, 0.2) is 0 Å². The van der Waals surface area contributed by atoms with Gasteiger partial charge in [0.1, 0.15) is 5.00 Å². The van der Waals surface area contributed by atoms with E-state index in [9.17, 15) is 9.59 Å². The van der Waals surface area contributed by atoms with Crippen molar-refractivity contribution < 1.29 is 14.3 Å². The number of anilines is 2. The lowest BCUT2D eigenvalue weighted by molar-refractivity contribution is -0.132. The van der Waals surface area contributed by atoms with E-state index in [-0.39, 0.29) is 17.9 Å². The first-order chi connectivity index (χ1) is 13.4. The number of fused-ring (bicyclic) bond motifs is 1. The Morgan fingerprint density at radius 1 is 1.39 bits per heavy atom. The van der Waals surface area contributed by atoms with Crippen molar-refractivity contribution in [2.24, 2.45) is 11.8 Å². The number of hydrogen-bond donors (Lipinski definition) is 4. The maximum Gasteiger partial charge on any atom is 0.324 e. The number of nitrogens with zero attached hydrogens (tertiary/aromatic N) is 1. The number of hydrogen-bond acceptors (Lipinski definition) is 7. The monoisotopic (exact) mass is 411 g/mol. The van der Waals surface area contributed by atoms with Crippen LogP contribution in [0.4, 0.5) is 15.5 Å². The lowest BCUT2D eigenvalue weighted by Crippen LogP contribution is -2.48. The van der Waals surface area contributed by atoms with Gasteiger partial charge in [0, 0.05) is 31.6 Å².